The van der Waals surface area contributed by atoms with E-state index in [1.165, 1.54) is 0 Å². The zero-order valence-corrected chi connectivity index (χ0v) is 11.7. The number of nitrogens with zero attached hydrogens (tertiary/aromatic N) is 1. The topological polar surface area (TPSA) is 64.4 Å². The van der Waals surface area contributed by atoms with E-state index in [-0.39, 0.29) is 10.6 Å². The summed E-state index contributed by atoms with van der Waals surface area (Å²) >= 11 is 1.81. The lowest BCUT2D eigenvalue weighted by Crippen LogP contribution is -2.08. The van der Waals surface area contributed by atoms with Gasteiger partial charge in [-0.1, -0.05) is 6.07 Å². The van der Waals surface area contributed by atoms with Crippen molar-refractivity contribution in [3.63, 3.8) is 0 Å². The van der Waals surface area contributed by atoms with Crippen molar-refractivity contribution >= 4 is 23.1 Å². The maximum atomic E-state index is 10.8. The summed E-state index contributed by atoms with van der Waals surface area (Å²) in [5.41, 5.74) is 1.79. The molecule has 1 fully saturated rings. The lowest BCUT2D eigenvalue weighted by molar-refractivity contribution is -0.383. The minimum atomic E-state index is -0.366. The van der Waals surface area contributed by atoms with Crippen LogP contribution in [0.1, 0.15) is 18.4 Å². The summed E-state index contributed by atoms with van der Waals surface area (Å²) in [7, 11) is 1.70. The van der Waals surface area contributed by atoms with Crippen molar-refractivity contribution in [3.8, 4) is 0 Å². The first-order chi connectivity index (χ1) is 9.20. The lowest BCUT2D eigenvalue weighted by Gasteiger charge is -2.09. The molecule has 0 spiro atoms. The van der Waals surface area contributed by atoms with E-state index in [2.05, 4.69) is 5.32 Å². The molecule has 1 heterocycles. The van der Waals surface area contributed by atoms with Gasteiger partial charge >= 0.3 is 0 Å². The van der Waals surface area contributed by atoms with Gasteiger partial charge in [-0.15, -0.1) is 0 Å². The molecule has 2 rings (SSSR count). The fraction of sp³-hybridized carbons (Fsp3) is 0.538. The predicted molar refractivity (Wildman–Crippen MR) is 77.8 cm³/mol. The van der Waals surface area contributed by atoms with Gasteiger partial charge in [-0.25, -0.2) is 0 Å². The summed E-state index contributed by atoms with van der Waals surface area (Å²) in [5.74, 6) is 1.85. The lowest BCUT2D eigenvalue weighted by atomic mass is 10.2. The Morgan fingerprint density at radius 2 is 2.42 bits per heavy atom. The van der Waals surface area contributed by atoms with E-state index in [9.17, 15) is 10.1 Å². The third-order valence-electron chi connectivity index (χ3n) is 3.12. The number of nitro benzene ring substituents is 1. The quantitative estimate of drug-likeness (QED) is 0.641. The second kappa shape index (κ2) is 6.77. The fourth-order valence-electron chi connectivity index (χ4n) is 2.12. The Morgan fingerprint density at radius 3 is 3.05 bits per heavy atom. The normalized spacial score (nSPS) is 18.5. The molecule has 1 aromatic rings. The van der Waals surface area contributed by atoms with Gasteiger partial charge in [0.25, 0.3) is 5.69 Å². The molecule has 1 atom stereocenters. The molecule has 0 aromatic heterocycles. The van der Waals surface area contributed by atoms with Crippen LogP contribution in [-0.4, -0.2) is 30.4 Å². The van der Waals surface area contributed by atoms with Crippen molar-refractivity contribution in [2.24, 2.45) is 0 Å². The molecule has 0 radical (unpaired) electrons. The van der Waals surface area contributed by atoms with Crippen LogP contribution in [0.25, 0.3) is 0 Å². The molecule has 1 unspecified atom stereocenters. The first-order valence-corrected chi connectivity index (χ1v) is 7.50. The molecule has 0 amide bonds. The summed E-state index contributed by atoms with van der Waals surface area (Å²) in [6.07, 6.45) is 2.69. The number of ether oxygens (including phenoxy) is 1. The van der Waals surface area contributed by atoms with E-state index in [0.29, 0.717) is 11.8 Å². The molecular weight excluding hydrogens is 264 g/mol. The highest BCUT2D eigenvalue weighted by Gasteiger charge is 2.16. The van der Waals surface area contributed by atoms with Crippen LogP contribution in [0.2, 0.25) is 0 Å². The van der Waals surface area contributed by atoms with Gasteiger partial charge in [-0.2, -0.15) is 11.8 Å². The third kappa shape index (κ3) is 3.84. The van der Waals surface area contributed by atoms with Gasteiger partial charge in [0.05, 0.1) is 11.0 Å². The van der Waals surface area contributed by atoms with Crippen molar-refractivity contribution in [1.82, 2.24) is 0 Å². The maximum absolute atomic E-state index is 10.8. The summed E-state index contributed by atoms with van der Waals surface area (Å²) < 4.78 is 5.56. The molecule has 1 aliphatic rings. The van der Waals surface area contributed by atoms with E-state index in [1.807, 2.05) is 23.9 Å². The minimum absolute atomic E-state index is 0.121. The van der Waals surface area contributed by atoms with E-state index < -0.39 is 0 Å². The predicted octanol–water partition coefficient (Wildman–Crippen LogP) is 3.05. The highest BCUT2D eigenvalue weighted by Crippen LogP contribution is 2.27. The van der Waals surface area contributed by atoms with Crippen LogP contribution in [0.4, 0.5) is 11.4 Å². The third-order valence-corrected chi connectivity index (χ3v) is 4.27. The molecule has 104 valence electrons. The van der Waals surface area contributed by atoms with Crippen molar-refractivity contribution < 1.29 is 9.66 Å². The molecule has 19 heavy (non-hydrogen) atoms. The molecule has 1 N–H and O–H groups in total. The van der Waals surface area contributed by atoms with E-state index in [1.54, 1.807) is 13.1 Å². The number of benzene rings is 1. The molecule has 6 heteroatoms. The monoisotopic (exact) mass is 282 g/mol. The zero-order chi connectivity index (χ0) is 13.7. The highest BCUT2D eigenvalue weighted by molar-refractivity contribution is 7.98. The first-order valence-electron chi connectivity index (χ1n) is 6.35. The Kier molecular flexibility index (Phi) is 5.04. The van der Waals surface area contributed by atoms with Gasteiger partial charge in [0.1, 0.15) is 5.69 Å². The number of nitrogens with one attached hydrogen (secondary N) is 1. The van der Waals surface area contributed by atoms with Crippen LogP contribution in [-0.2, 0) is 10.5 Å². The summed E-state index contributed by atoms with van der Waals surface area (Å²) in [6.45, 7) is 0.882. The summed E-state index contributed by atoms with van der Waals surface area (Å²) in [4.78, 5) is 10.5. The number of hydrogen-bond acceptors (Lipinski definition) is 5. The maximum Gasteiger partial charge on any atom is 0.292 e. The molecule has 1 aliphatic heterocycles. The zero-order valence-electron chi connectivity index (χ0n) is 10.9. The SMILES string of the molecule is CNc1cc(CSCC2CCCO2)ccc1[N+](=O)[O-]. The number of hydrogen-bond donors (Lipinski definition) is 1. The second-order valence-corrected chi connectivity index (χ2v) is 5.54. The largest absolute Gasteiger partial charge is 0.383 e. The fourth-order valence-corrected chi connectivity index (χ4v) is 3.18. The van der Waals surface area contributed by atoms with Gasteiger partial charge in [0.15, 0.2) is 0 Å². The first kappa shape index (κ1) is 14.1. The van der Waals surface area contributed by atoms with Crippen LogP contribution in [0.5, 0.6) is 0 Å². The standard InChI is InChI=1S/C13H18N2O3S/c1-14-12-7-10(4-5-13(12)15(16)17)8-19-9-11-3-2-6-18-11/h4-5,7,11,14H,2-3,6,8-9H2,1H3. The van der Waals surface area contributed by atoms with Gasteiger partial charge < -0.3 is 10.1 Å². The van der Waals surface area contributed by atoms with Gasteiger partial charge in [-0.3, -0.25) is 10.1 Å². The summed E-state index contributed by atoms with van der Waals surface area (Å²) in [5, 5.41) is 13.7. The van der Waals surface area contributed by atoms with Crippen LogP contribution < -0.4 is 5.32 Å². The Labute approximate surface area is 116 Å². The molecule has 0 aliphatic carbocycles. The Balaban J connectivity index is 1.91. The smallest absolute Gasteiger partial charge is 0.292 e. The Bertz CT molecular complexity index is 448. The number of anilines is 1. The summed E-state index contributed by atoms with van der Waals surface area (Å²) in [6, 6.07) is 5.23. The number of nitro groups is 1. The van der Waals surface area contributed by atoms with Gasteiger partial charge in [0, 0.05) is 31.2 Å². The van der Waals surface area contributed by atoms with Crippen LogP contribution >= 0.6 is 11.8 Å². The van der Waals surface area contributed by atoms with Gasteiger partial charge in [-0.05, 0) is 24.5 Å². The second-order valence-electron chi connectivity index (χ2n) is 4.51. The van der Waals surface area contributed by atoms with Gasteiger partial charge in [0.2, 0.25) is 0 Å². The van der Waals surface area contributed by atoms with Crippen molar-refractivity contribution in [1.29, 1.82) is 0 Å². The Morgan fingerprint density at radius 1 is 1.58 bits per heavy atom. The average Bonchev–Trinajstić information content (AvgIpc) is 2.91. The van der Waals surface area contributed by atoms with Crippen LogP contribution in [0.15, 0.2) is 18.2 Å². The number of rotatable bonds is 6. The molecule has 5 nitrogen and oxygen atoms in total. The van der Waals surface area contributed by atoms with Crippen molar-refractivity contribution in [2.75, 3.05) is 24.7 Å². The highest BCUT2D eigenvalue weighted by atomic mass is 32.2. The average molecular weight is 282 g/mol. The molecule has 0 saturated carbocycles. The van der Waals surface area contributed by atoms with E-state index >= 15 is 0 Å². The van der Waals surface area contributed by atoms with Crippen LogP contribution in [0.3, 0.4) is 0 Å². The minimum Gasteiger partial charge on any atom is -0.383 e. The molecular formula is C13H18N2O3S. The van der Waals surface area contributed by atoms with Crippen molar-refractivity contribution in [3.05, 3.63) is 33.9 Å². The molecule has 0 bridgehead atoms. The van der Waals surface area contributed by atoms with Crippen LogP contribution in [0, 0.1) is 10.1 Å². The van der Waals surface area contributed by atoms with E-state index in [4.69, 9.17) is 4.74 Å². The Hall–Kier alpha value is -1.27. The van der Waals surface area contributed by atoms with Crippen molar-refractivity contribution in [2.45, 2.75) is 24.7 Å². The van der Waals surface area contributed by atoms with E-state index in [0.717, 1.165) is 36.5 Å². The molecule has 1 aromatic carbocycles. The molecule has 1 saturated heterocycles. The number of thioether (sulfide) groups is 1.